The van der Waals surface area contributed by atoms with Crippen LogP contribution in [0.3, 0.4) is 0 Å². The molecule has 2 bridgehead atoms. The molecule has 3 fully saturated rings. The topological polar surface area (TPSA) is 78.9 Å². The molecule has 2 N–H and O–H groups in total. The number of amides is 1. The first-order chi connectivity index (χ1) is 10.7. The van der Waals surface area contributed by atoms with Crippen molar-refractivity contribution in [2.24, 2.45) is 23.7 Å². The molecule has 2 aliphatic carbocycles. The van der Waals surface area contributed by atoms with Crippen LogP contribution in [0.5, 0.6) is 0 Å². The minimum atomic E-state index is -0.791. The Morgan fingerprint density at radius 1 is 1.14 bits per heavy atom. The van der Waals surface area contributed by atoms with Crippen LogP contribution in [-0.4, -0.2) is 61.3 Å². The van der Waals surface area contributed by atoms with Gasteiger partial charge in [-0.2, -0.15) is 0 Å². The summed E-state index contributed by atoms with van der Waals surface area (Å²) < 4.78 is 5.31. The molecule has 0 aromatic heterocycles. The molecule has 1 saturated heterocycles. The van der Waals surface area contributed by atoms with Gasteiger partial charge in [0.1, 0.15) is 0 Å². The van der Waals surface area contributed by atoms with Crippen LogP contribution in [-0.2, 0) is 14.3 Å². The van der Waals surface area contributed by atoms with Gasteiger partial charge in [0, 0.05) is 19.6 Å². The second-order valence-corrected chi connectivity index (χ2v) is 6.82. The summed E-state index contributed by atoms with van der Waals surface area (Å²) in [5, 5.41) is 12.4. The predicted octanol–water partition coefficient (Wildman–Crippen LogP) is 0.572. The number of carbonyl (C=O) groups excluding carboxylic acids is 1. The van der Waals surface area contributed by atoms with Crippen molar-refractivity contribution in [1.82, 2.24) is 10.2 Å². The van der Waals surface area contributed by atoms with E-state index in [1.165, 1.54) is 0 Å². The molecule has 1 amide bonds. The van der Waals surface area contributed by atoms with Crippen LogP contribution < -0.4 is 5.32 Å². The van der Waals surface area contributed by atoms with E-state index in [9.17, 15) is 14.7 Å². The SMILES string of the molecule is O=C(O)C1C2CCC(C2)C1C(=O)NCCCN1CCOCC1. The van der Waals surface area contributed by atoms with Gasteiger partial charge in [-0.25, -0.2) is 0 Å². The summed E-state index contributed by atoms with van der Waals surface area (Å²) in [6.07, 6.45) is 3.82. The molecule has 0 aromatic rings. The fraction of sp³-hybridized carbons (Fsp3) is 0.875. The van der Waals surface area contributed by atoms with E-state index in [4.69, 9.17) is 4.74 Å². The highest BCUT2D eigenvalue weighted by Crippen LogP contribution is 2.52. The van der Waals surface area contributed by atoms with Crippen molar-refractivity contribution in [1.29, 1.82) is 0 Å². The molecule has 0 aromatic carbocycles. The molecule has 4 unspecified atom stereocenters. The van der Waals surface area contributed by atoms with E-state index >= 15 is 0 Å². The summed E-state index contributed by atoms with van der Waals surface area (Å²) in [6.45, 7) is 5.09. The third-order valence-corrected chi connectivity index (χ3v) is 5.56. The Kier molecular flexibility index (Phi) is 4.98. The Morgan fingerprint density at radius 3 is 2.50 bits per heavy atom. The van der Waals surface area contributed by atoms with Gasteiger partial charge in [0.05, 0.1) is 25.0 Å². The van der Waals surface area contributed by atoms with Gasteiger partial charge in [-0.15, -0.1) is 0 Å². The predicted molar refractivity (Wildman–Crippen MR) is 80.3 cm³/mol. The molecule has 4 atom stereocenters. The maximum absolute atomic E-state index is 12.4. The fourth-order valence-corrected chi connectivity index (χ4v) is 4.48. The minimum Gasteiger partial charge on any atom is -0.481 e. The summed E-state index contributed by atoms with van der Waals surface area (Å²) in [5.41, 5.74) is 0. The summed E-state index contributed by atoms with van der Waals surface area (Å²) in [7, 11) is 0. The summed E-state index contributed by atoms with van der Waals surface area (Å²) >= 11 is 0. The molecule has 2 saturated carbocycles. The number of hydrogen-bond acceptors (Lipinski definition) is 4. The Hall–Kier alpha value is -1.14. The average Bonchev–Trinajstić information content (AvgIpc) is 3.13. The first-order valence-corrected chi connectivity index (χ1v) is 8.47. The van der Waals surface area contributed by atoms with E-state index in [2.05, 4.69) is 10.2 Å². The van der Waals surface area contributed by atoms with Crippen LogP contribution in [0.15, 0.2) is 0 Å². The number of morpholine rings is 1. The molecule has 6 nitrogen and oxygen atoms in total. The number of carbonyl (C=O) groups is 2. The van der Waals surface area contributed by atoms with Gasteiger partial charge < -0.3 is 15.2 Å². The lowest BCUT2D eigenvalue weighted by atomic mass is 9.78. The van der Waals surface area contributed by atoms with E-state index in [1.807, 2.05) is 0 Å². The zero-order valence-electron chi connectivity index (χ0n) is 13.0. The standard InChI is InChI=1S/C16H26N2O4/c19-15(17-4-1-5-18-6-8-22-9-7-18)13-11-2-3-12(10-11)14(13)16(20)21/h11-14H,1-10H2,(H,17,19)(H,20,21). The van der Waals surface area contributed by atoms with Gasteiger partial charge in [-0.3, -0.25) is 14.5 Å². The monoisotopic (exact) mass is 310 g/mol. The minimum absolute atomic E-state index is 0.0402. The highest BCUT2D eigenvalue weighted by atomic mass is 16.5. The smallest absolute Gasteiger partial charge is 0.307 e. The average molecular weight is 310 g/mol. The van der Waals surface area contributed by atoms with Crippen LogP contribution in [0, 0.1) is 23.7 Å². The van der Waals surface area contributed by atoms with Crippen LogP contribution in [0.25, 0.3) is 0 Å². The quantitative estimate of drug-likeness (QED) is 0.701. The van der Waals surface area contributed by atoms with E-state index in [1.54, 1.807) is 0 Å². The van der Waals surface area contributed by atoms with E-state index in [0.717, 1.165) is 58.5 Å². The van der Waals surface area contributed by atoms with Crippen LogP contribution >= 0.6 is 0 Å². The second kappa shape index (κ2) is 6.96. The van der Waals surface area contributed by atoms with E-state index in [-0.39, 0.29) is 23.7 Å². The van der Waals surface area contributed by atoms with Crippen LogP contribution in [0.4, 0.5) is 0 Å². The van der Waals surface area contributed by atoms with Crippen molar-refractivity contribution in [3.05, 3.63) is 0 Å². The number of nitrogens with one attached hydrogen (secondary N) is 1. The van der Waals surface area contributed by atoms with Crippen molar-refractivity contribution in [3.63, 3.8) is 0 Å². The lowest BCUT2D eigenvalue weighted by Gasteiger charge is -2.28. The third kappa shape index (κ3) is 3.27. The molecule has 3 aliphatic rings. The van der Waals surface area contributed by atoms with Gasteiger partial charge in [-0.05, 0) is 44.1 Å². The number of nitrogens with zero attached hydrogens (tertiary/aromatic N) is 1. The molecular formula is C16H26N2O4. The first-order valence-electron chi connectivity index (χ1n) is 8.47. The van der Waals surface area contributed by atoms with Gasteiger partial charge in [0.25, 0.3) is 0 Å². The highest BCUT2D eigenvalue weighted by Gasteiger charge is 2.53. The van der Waals surface area contributed by atoms with E-state index < -0.39 is 11.9 Å². The van der Waals surface area contributed by atoms with Crippen LogP contribution in [0.2, 0.25) is 0 Å². The lowest BCUT2D eigenvalue weighted by Crippen LogP contribution is -2.42. The molecule has 0 spiro atoms. The summed E-state index contributed by atoms with van der Waals surface area (Å²) in [6, 6.07) is 0. The second-order valence-electron chi connectivity index (χ2n) is 6.82. The summed E-state index contributed by atoms with van der Waals surface area (Å²) in [4.78, 5) is 26.2. The third-order valence-electron chi connectivity index (χ3n) is 5.56. The molecule has 0 radical (unpaired) electrons. The van der Waals surface area contributed by atoms with Gasteiger partial charge in [0.15, 0.2) is 0 Å². The normalized spacial score (nSPS) is 34.7. The number of ether oxygens (including phenoxy) is 1. The van der Waals surface area contributed by atoms with Gasteiger partial charge in [0.2, 0.25) is 5.91 Å². The number of rotatable bonds is 6. The van der Waals surface area contributed by atoms with Crippen molar-refractivity contribution in [3.8, 4) is 0 Å². The molecule has 1 aliphatic heterocycles. The van der Waals surface area contributed by atoms with Gasteiger partial charge >= 0.3 is 5.97 Å². The van der Waals surface area contributed by atoms with Crippen LogP contribution in [0.1, 0.15) is 25.7 Å². The zero-order valence-corrected chi connectivity index (χ0v) is 13.0. The van der Waals surface area contributed by atoms with E-state index in [0.29, 0.717) is 6.54 Å². The number of aliphatic carboxylic acids is 1. The van der Waals surface area contributed by atoms with Gasteiger partial charge in [-0.1, -0.05) is 0 Å². The highest BCUT2D eigenvalue weighted by molar-refractivity contribution is 5.86. The molecule has 1 heterocycles. The number of hydrogen-bond donors (Lipinski definition) is 2. The largest absolute Gasteiger partial charge is 0.481 e. The lowest BCUT2D eigenvalue weighted by molar-refractivity contribution is -0.149. The van der Waals surface area contributed by atoms with Crippen molar-refractivity contribution < 1.29 is 19.4 Å². The number of fused-ring (bicyclic) bond motifs is 2. The number of carboxylic acids is 1. The Balaban J connectivity index is 1.42. The fourth-order valence-electron chi connectivity index (χ4n) is 4.48. The maximum Gasteiger partial charge on any atom is 0.307 e. The molecule has 22 heavy (non-hydrogen) atoms. The molecule has 6 heteroatoms. The molecular weight excluding hydrogens is 284 g/mol. The van der Waals surface area contributed by atoms with Crippen molar-refractivity contribution >= 4 is 11.9 Å². The van der Waals surface area contributed by atoms with Crippen molar-refractivity contribution in [2.75, 3.05) is 39.4 Å². The zero-order chi connectivity index (χ0) is 15.5. The molecule has 3 rings (SSSR count). The maximum atomic E-state index is 12.4. The Labute approximate surface area is 131 Å². The Morgan fingerprint density at radius 2 is 1.82 bits per heavy atom. The Bertz CT molecular complexity index is 422. The van der Waals surface area contributed by atoms with Crippen molar-refractivity contribution in [2.45, 2.75) is 25.7 Å². The number of carboxylic acid groups (broad SMARTS) is 1. The first kappa shape index (κ1) is 15.7. The molecule has 124 valence electrons. The summed E-state index contributed by atoms with van der Waals surface area (Å²) in [5.74, 6) is -1.10.